The van der Waals surface area contributed by atoms with E-state index in [0.29, 0.717) is 12.2 Å². The fraction of sp³-hybridized carbons (Fsp3) is 0.273. The zero-order chi connectivity index (χ0) is 21.9. The molecule has 0 aliphatic rings. The summed E-state index contributed by atoms with van der Waals surface area (Å²) in [5.74, 6) is -1.92. The van der Waals surface area contributed by atoms with E-state index < -0.39 is 30.4 Å². The van der Waals surface area contributed by atoms with E-state index in [2.05, 4.69) is 11.6 Å². The predicted octanol–water partition coefficient (Wildman–Crippen LogP) is 2.90. The molecule has 0 saturated heterocycles. The second-order valence-corrected chi connectivity index (χ2v) is 6.04. The Kier molecular flexibility index (Phi) is 8.56. The van der Waals surface area contributed by atoms with Gasteiger partial charge < -0.3 is 18.9 Å². The highest BCUT2D eigenvalue weighted by molar-refractivity contribution is 5.92. The molecule has 0 spiro atoms. The predicted molar refractivity (Wildman–Crippen MR) is 107 cm³/mol. The van der Waals surface area contributed by atoms with Gasteiger partial charge >= 0.3 is 17.9 Å². The van der Waals surface area contributed by atoms with Crippen molar-refractivity contribution in [3.63, 3.8) is 0 Å². The van der Waals surface area contributed by atoms with E-state index in [1.807, 2.05) is 0 Å². The fourth-order valence-corrected chi connectivity index (χ4v) is 2.49. The first-order chi connectivity index (χ1) is 14.5. The van der Waals surface area contributed by atoms with E-state index >= 15 is 0 Å². The molecule has 8 nitrogen and oxygen atoms in total. The van der Waals surface area contributed by atoms with Gasteiger partial charge in [-0.15, -0.1) is 6.58 Å². The molecule has 1 unspecified atom stereocenters. The summed E-state index contributed by atoms with van der Waals surface area (Å²) in [6, 6.07) is 8.09. The summed E-state index contributed by atoms with van der Waals surface area (Å²) in [7, 11) is 1.45. The number of aromatic nitrogens is 1. The number of hydrogen-bond acceptors (Lipinski definition) is 8. The molecule has 0 fully saturated rings. The van der Waals surface area contributed by atoms with Gasteiger partial charge in [0.25, 0.3) is 0 Å². The Balaban J connectivity index is 2.11. The lowest BCUT2D eigenvalue weighted by molar-refractivity contribution is -0.157. The Bertz CT molecular complexity index is 896. The van der Waals surface area contributed by atoms with E-state index in [1.54, 1.807) is 37.3 Å². The minimum Gasteiger partial charge on any atom is -0.493 e. The van der Waals surface area contributed by atoms with Crippen LogP contribution in [0.5, 0.6) is 11.5 Å². The van der Waals surface area contributed by atoms with Crippen LogP contribution in [0.15, 0.2) is 55.4 Å². The Labute approximate surface area is 174 Å². The lowest BCUT2D eigenvalue weighted by Crippen LogP contribution is -2.33. The second kappa shape index (κ2) is 11.4. The number of ether oxygens (including phenoxy) is 4. The molecule has 1 aromatic carbocycles. The number of nitrogens with zero attached hydrogens (tertiary/aromatic N) is 1. The topological polar surface area (TPSA) is 101 Å². The fourth-order valence-electron chi connectivity index (χ4n) is 2.49. The van der Waals surface area contributed by atoms with Crippen LogP contribution in [-0.2, 0) is 25.5 Å². The van der Waals surface area contributed by atoms with Gasteiger partial charge in [0.1, 0.15) is 0 Å². The summed E-state index contributed by atoms with van der Waals surface area (Å²) in [4.78, 5) is 40.7. The third-order valence-electron chi connectivity index (χ3n) is 3.88. The van der Waals surface area contributed by atoms with Crippen LogP contribution < -0.4 is 9.47 Å². The number of carbonyl (C=O) groups excluding carboxylic acids is 3. The lowest BCUT2D eigenvalue weighted by Gasteiger charge is -2.16. The second-order valence-electron chi connectivity index (χ2n) is 6.04. The maximum absolute atomic E-state index is 12.4. The lowest BCUT2D eigenvalue weighted by atomic mass is 10.1. The number of rotatable bonds is 10. The van der Waals surface area contributed by atoms with E-state index in [4.69, 9.17) is 18.9 Å². The Morgan fingerprint density at radius 3 is 2.63 bits per heavy atom. The molecule has 158 valence electrons. The summed E-state index contributed by atoms with van der Waals surface area (Å²) in [6.45, 7) is 5.34. The number of hydrogen-bond donors (Lipinski definition) is 0. The summed E-state index contributed by atoms with van der Waals surface area (Å²) in [5.41, 5.74) is 1.07. The maximum Gasteiger partial charge on any atom is 0.348 e. The first-order valence-corrected chi connectivity index (χ1v) is 9.24. The SMILES string of the molecule is C=CCc1ccc(OC(=O)CC(OC(=O)c2cccnc2)C(=O)OCC)c(OC)c1. The molecule has 0 amide bonds. The highest BCUT2D eigenvalue weighted by Gasteiger charge is 2.29. The van der Waals surface area contributed by atoms with Crippen molar-refractivity contribution in [1.82, 2.24) is 4.98 Å². The smallest absolute Gasteiger partial charge is 0.348 e. The van der Waals surface area contributed by atoms with Gasteiger partial charge in [0.15, 0.2) is 11.5 Å². The van der Waals surface area contributed by atoms with Crippen molar-refractivity contribution in [3.8, 4) is 11.5 Å². The maximum atomic E-state index is 12.4. The third kappa shape index (κ3) is 6.44. The molecule has 2 rings (SSSR count). The van der Waals surface area contributed by atoms with Crippen molar-refractivity contribution in [2.24, 2.45) is 0 Å². The van der Waals surface area contributed by atoms with Crippen molar-refractivity contribution in [2.45, 2.75) is 25.9 Å². The zero-order valence-corrected chi connectivity index (χ0v) is 16.8. The van der Waals surface area contributed by atoms with Crippen molar-refractivity contribution < 1.29 is 33.3 Å². The average Bonchev–Trinajstić information content (AvgIpc) is 2.75. The number of methoxy groups -OCH3 is 1. The first kappa shape index (κ1) is 22.6. The van der Waals surface area contributed by atoms with Crippen LogP contribution in [0.3, 0.4) is 0 Å². The van der Waals surface area contributed by atoms with Crippen molar-refractivity contribution in [1.29, 1.82) is 0 Å². The molecule has 0 aliphatic heterocycles. The van der Waals surface area contributed by atoms with E-state index in [-0.39, 0.29) is 17.9 Å². The van der Waals surface area contributed by atoms with Gasteiger partial charge in [0.2, 0.25) is 6.10 Å². The number of carbonyl (C=O) groups is 3. The van der Waals surface area contributed by atoms with Gasteiger partial charge in [-0.1, -0.05) is 12.1 Å². The summed E-state index contributed by atoms with van der Waals surface area (Å²) >= 11 is 0. The van der Waals surface area contributed by atoms with Crippen LogP contribution >= 0.6 is 0 Å². The van der Waals surface area contributed by atoms with Crippen LogP contribution in [0, 0.1) is 0 Å². The minimum atomic E-state index is -1.46. The third-order valence-corrected chi connectivity index (χ3v) is 3.88. The van der Waals surface area contributed by atoms with E-state index in [9.17, 15) is 14.4 Å². The van der Waals surface area contributed by atoms with Crippen molar-refractivity contribution in [2.75, 3.05) is 13.7 Å². The van der Waals surface area contributed by atoms with Gasteiger partial charge in [-0.05, 0) is 43.2 Å². The van der Waals surface area contributed by atoms with Gasteiger partial charge in [-0.25, -0.2) is 9.59 Å². The zero-order valence-electron chi connectivity index (χ0n) is 16.8. The van der Waals surface area contributed by atoms with Crippen LogP contribution in [0.4, 0.5) is 0 Å². The summed E-state index contributed by atoms with van der Waals surface area (Å²) in [5, 5.41) is 0. The van der Waals surface area contributed by atoms with Gasteiger partial charge in [0.05, 0.1) is 25.7 Å². The van der Waals surface area contributed by atoms with Crippen LogP contribution in [0.25, 0.3) is 0 Å². The molecule has 1 atom stereocenters. The average molecular weight is 413 g/mol. The largest absolute Gasteiger partial charge is 0.493 e. The number of benzene rings is 1. The molecule has 0 bridgehead atoms. The number of esters is 3. The standard InChI is InChI=1S/C22H23NO7/c1-4-7-15-9-10-17(18(12-15)27-3)29-20(24)13-19(22(26)28-5-2)30-21(25)16-8-6-11-23-14-16/h4,6,8-12,14,19H,1,5,7,13H2,2-3H3. The highest BCUT2D eigenvalue weighted by atomic mass is 16.6. The Hall–Kier alpha value is -3.68. The molecule has 30 heavy (non-hydrogen) atoms. The Morgan fingerprint density at radius 1 is 1.20 bits per heavy atom. The van der Waals surface area contributed by atoms with Crippen LogP contribution in [0.1, 0.15) is 29.3 Å². The van der Waals surface area contributed by atoms with Gasteiger partial charge in [0, 0.05) is 12.4 Å². The molecule has 0 aliphatic carbocycles. The molecule has 1 aromatic heterocycles. The molecule has 0 saturated carbocycles. The van der Waals surface area contributed by atoms with Crippen molar-refractivity contribution in [3.05, 3.63) is 66.5 Å². The monoisotopic (exact) mass is 413 g/mol. The molecule has 8 heteroatoms. The molecular weight excluding hydrogens is 390 g/mol. The number of pyridine rings is 1. The summed E-state index contributed by atoms with van der Waals surface area (Å²) < 4.78 is 20.6. The number of allylic oxidation sites excluding steroid dienone is 1. The molecule has 1 heterocycles. The quantitative estimate of drug-likeness (QED) is 0.333. The van der Waals surface area contributed by atoms with E-state index in [0.717, 1.165) is 5.56 Å². The van der Waals surface area contributed by atoms with Gasteiger partial charge in [-0.3, -0.25) is 9.78 Å². The summed E-state index contributed by atoms with van der Waals surface area (Å²) in [6.07, 6.45) is 3.16. The highest BCUT2D eigenvalue weighted by Crippen LogP contribution is 2.29. The van der Waals surface area contributed by atoms with Crippen LogP contribution in [0.2, 0.25) is 0 Å². The van der Waals surface area contributed by atoms with E-state index in [1.165, 1.54) is 25.6 Å². The molecular formula is C22H23NO7. The molecule has 0 N–H and O–H groups in total. The van der Waals surface area contributed by atoms with Crippen molar-refractivity contribution >= 4 is 17.9 Å². The Morgan fingerprint density at radius 2 is 2.00 bits per heavy atom. The van der Waals surface area contributed by atoms with Gasteiger partial charge in [-0.2, -0.15) is 0 Å². The minimum absolute atomic E-state index is 0.0629. The molecule has 2 aromatic rings. The molecule has 0 radical (unpaired) electrons. The first-order valence-electron chi connectivity index (χ1n) is 9.24. The normalized spacial score (nSPS) is 11.1. The van der Waals surface area contributed by atoms with Crippen LogP contribution in [-0.4, -0.2) is 42.7 Å².